The molecule has 0 aromatic heterocycles. The summed E-state index contributed by atoms with van der Waals surface area (Å²) in [5, 5.41) is 22.6. The highest BCUT2D eigenvalue weighted by atomic mass is 16.4. The van der Waals surface area contributed by atoms with E-state index in [0.717, 1.165) is 0 Å². The van der Waals surface area contributed by atoms with E-state index < -0.39 is 48.3 Å². The quantitative estimate of drug-likeness (QED) is 0.222. The molecule has 150 valence electrons. The molecular formula is C16H30N4O6. The van der Waals surface area contributed by atoms with Crippen molar-refractivity contribution >= 4 is 23.8 Å². The smallest absolute Gasteiger partial charge is 0.326 e. The zero-order chi connectivity index (χ0) is 20.3. The van der Waals surface area contributed by atoms with Crippen LogP contribution in [0.2, 0.25) is 0 Å². The fourth-order valence-electron chi connectivity index (χ4n) is 2.13. The molecule has 0 aliphatic heterocycles. The van der Waals surface area contributed by atoms with Gasteiger partial charge < -0.3 is 32.3 Å². The number of hydrogen-bond donors (Lipinski definition) is 6. The van der Waals surface area contributed by atoms with Crippen LogP contribution < -0.4 is 22.1 Å². The van der Waals surface area contributed by atoms with Crippen LogP contribution in [0.4, 0.5) is 0 Å². The van der Waals surface area contributed by atoms with Gasteiger partial charge in [0.25, 0.3) is 0 Å². The van der Waals surface area contributed by atoms with Gasteiger partial charge in [0.05, 0.1) is 6.04 Å². The normalized spacial score (nSPS) is 14.3. The molecule has 3 atom stereocenters. The van der Waals surface area contributed by atoms with E-state index in [1.807, 2.05) is 0 Å². The van der Waals surface area contributed by atoms with E-state index in [1.165, 1.54) is 0 Å². The molecule has 8 N–H and O–H groups in total. The molecule has 0 heterocycles. The number of aliphatic carboxylic acids is 2. The van der Waals surface area contributed by atoms with Crippen molar-refractivity contribution in [3.63, 3.8) is 0 Å². The molecule has 0 aromatic carbocycles. The van der Waals surface area contributed by atoms with Crippen molar-refractivity contribution in [2.75, 3.05) is 6.54 Å². The minimum absolute atomic E-state index is 0.134. The maximum atomic E-state index is 12.4. The summed E-state index contributed by atoms with van der Waals surface area (Å²) in [6.45, 7) is 3.95. The van der Waals surface area contributed by atoms with Gasteiger partial charge in [0, 0.05) is 6.42 Å². The highest BCUT2D eigenvalue weighted by molar-refractivity contribution is 5.91. The zero-order valence-corrected chi connectivity index (χ0v) is 15.2. The molecule has 2 amide bonds. The standard InChI is InChI=1S/C16H30N4O6/c1-9(2)13(18)15(24)19-10(5-3-4-8-17)14(23)20-11(16(25)26)6-7-12(21)22/h9-11,13H,3-8,17-18H2,1-2H3,(H,19,24)(H,20,23)(H,21,22)(H,25,26)/t10-,11-,13-/m0/s1. The number of unbranched alkanes of at least 4 members (excludes halogenated alkanes) is 1. The van der Waals surface area contributed by atoms with E-state index in [1.54, 1.807) is 13.8 Å². The molecule has 0 fully saturated rings. The Labute approximate surface area is 152 Å². The Kier molecular flexibility index (Phi) is 11.2. The van der Waals surface area contributed by atoms with E-state index in [0.29, 0.717) is 19.4 Å². The van der Waals surface area contributed by atoms with E-state index in [4.69, 9.17) is 21.7 Å². The SMILES string of the molecule is CC(C)[C@H](N)C(=O)N[C@@H](CCCCN)C(=O)N[C@@H](CCC(=O)O)C(=O)O. The lowest BCUT2D eigenvalue weighted by molar-refractivity contribution is -0.143. The highest BCUT2D eigenvalue weighted by Crippen LogP contribution is 2.06. The van der Waals surface area contributed by atoms with Gasteiger partial charge in [-0.2, -0.15) is 0 Å². The Hall–Kier alpha value is -2.20. The van der Waals surface area contributed by atoms with Crippen LogP contribution >= 0.6 is 0 Å². The summed E-state index contributed by atoms with van der Waals surface area (Å²) in [5.74, 6) is -3.84. The second-order valence-electron chi connectivity index (χ2n) is 6.45. The predicted molar refractivity (Wildman–Crippen MR) is 94.1 cm³/mol. The lowest BCUT2D eigenvalue weighted by atomic mass is 10.0. The van der Waals surface area contributed by atoms with Gasteiger partial charge in [-0.15, -0.1) is 0 Å². The van der Waals surface area contributed by atoms with Crippen LogP contribution in [0.25, 0.3) is 0 Å². The predicted octanol–water partition coefficient (Wildman–Crippen LogP) is -0.982. The van der Waals surface area contributed by atoms with E-state index in [9.17, 15) is 19.2 Å². The van der Waals surface area contributed by atoms with Crippen molar-refractivity contribution in [2.24, 2.45) is 17.4 Å². The molecule has 0 rings (SSSR count). The average molecular weight is 374 g/mol. The van der Waals surface area contributed by atoms with Gasteiger partial charge in [-0.1, -0.05) is 13.8 Å². The first kappa shape index (κ1) is 23.8. The molecule has 0 bridgehead atoms. The molecule has 0 aromatic rings. The third-order valence-corrected chi connectivity index (χ3v) is 3.86. The second-order valence-corrected chi connectivity index (χ2v) is 6.45. The van der Waals surface area contributed by atoms with Crippen LogP contribution in [0, 0.1) is 5.92 Å². The van der Waals surface area contributed by atoms with Gasteiger partial charge in [0.2, 0.25) is 11.8 Å². The Morgan fingerprint density at radius 3 is 1.96 bits per heavy atom. The number of carbonyl (C=O) groups is 4. The van der Waals surface area contributed by atoms with Crippen LogP contribution in [0.3, 0.4) is 0 Å². The number of hydrogen-bond acceptors (Lipinski definition) is 6. The molecule has 10 heteroatoms. The maximum absolute atomic E-state index is 12.4. The summed E-state index contributed by atoms with van der Waals surface area (Å²) in [6, 6.07) is -3.13. The summed E-state index contributed by atoms with van der Waals surface area (Å²) in [4.78, 5) is 46.4. The molecule has 26 heavy (non-hydrogen) atoms. The molecule has 0 saturated carbocycles. The second kappa shape index (κ2) is 12.2. The lowest BCUT2D eigenvalue weighted by Crippen LogP contribution is -2.55. The first-order valence-corrected chi connectivity index (χ1v) is 8.61. The fourth-order valence-corrected chi connectivity index (χ4v) is 2.13. The highest BCUT2D eigenvalue weighted by Gasteiger charge is 2.28. The largest absolute Gasteiger partial charge is 0.481 e. The Balaban J connectivity index is 5.02. The lowest BCUT2D eigenvalue weighted by Gasteiger charge is -2.23. The molecule has 0 spiro atoms. The summed E-state index contributed by atoms with van der Waals surface area (Å²) in [7, 11) is 0. The van der Waals surface area contributed by atoms with E-state index in [2.05, 4.69) is 10.6 Å². The summed E-state index contributed by atoms with van der Waals surface area (Å²) in [5.41, 5.74) is 11.2. The molecular weight excluding hydrogens is 344 g/mol. The zero-order valence-electron chi connectivity index (χ0n) is 15.2. The third kappa shape index (κ3) is 9.33. The summed E-state index contributed by atoms with van der Waals surface area (Å²) >= 11 is 0. The Morgan fingerprint density at radius 1 is 0.923 bits per heavy atom. The van der Waals surface area contributed by atoms with Crippen LogP contribution in [-0.2, 0) is 19.2 Å². The minimum Gasteiger partial charge on any atom is -0.481 e. The molecule has 0 radical (unpaired) electrons. The van der Waals surface area contributed by atoms with Crippen LogP contribution in [-0.4, -0.2) is 58.6 Å². The van der Waals surface area contributed by atoms with E-state index in [-0.39, 0.29) is 18.8 Å². The van der Waals surface area contributed by atoms with Crippen molar-refractivity contribution in [1.82, 2.24) is 10.6 Å². The number of carbonyl (C=O) groups excluding carboxylic acids is 2. The topological polar surface area (TPSA) is 185 Å². The Bertz CT molecular complexity index is 497. The monoisotopic (exact) mass is 374 g/mol. The first-order valence-electron chi connectivity index (χ1n) is 8.61. The van der Waals surface area contributed by atoms with Gasteiger partial charge in [-0.05, 0) is 38.1 Å². The van der Waals surface area contributed by atoms with Crippen molar-refractivity contribution in [3.05, 3.63) is 0 Å². The first-order chi connectivity index (χ1) is 12.1. The summed E-state index contributed by atoms with van der Waals surface area (Å²) in [6.07, 6.45) is 0.797. The molecule has 10 nitrogen and oxygen atoms in total. The molecule has 0 unspecified atom stereocenters. The number of amides is 2. The number of nitrogens with two attached hydrogens (primary N) is 2. The molecule has 0 aliphatic carbocycles. The van der Waals surface area contributed by atoms with Gasteiger partial charge in [0.15, 0.2) is 0 Å². The van der Waals surface area contributed by atoms with Gasteiger partial charge in [-0.3, -0.25) is 14.4 Å². The number of carboxylic acids is 2. The summed E-state index contributed by atoms with van der Waals surface area (Å²) < 4.78 is 0. The number of rotatable bonds is 13. The van der Waals surface area contributed by atoms with Gasteiger partial charge in [-0.25, -0.2) is 4.79 Å². The van der Waals surface area contributed by atoms with Gasteiger partial charge in [0.1, 0.15) is 12.1 Å². The average Bonchev–Trinajstić information content (AvgIpc) is 2.56. The third-order valence-electron chi connectivity index (χ3n) is 3.86. The van der Waals surface area contributed by atoms with Crippen molar-refractivity contribution < 1.29 is 29.4 Å². The Morgan fingerprint density at radius 2 is 1.50 bits per heavy atom. The number of nitrogens with one attached hydrogen (secondary N) is 2. The van der Waals surface area contributed by atoms with E-state index >= 15 is 0 Å². The maximum Gasteiger partial charge on any atom is 0.326 e. The number of carboxylic acid groups (broad SMARTS) is 2. The van der Waals surface area contributed by atoms with Crippen LogP contribution in [0.1, 0.15) is 46.0 Å². The van der Waals surface area contributed by atoms with Crippen LogP contribution in [0.5, 0.6) is 0 Å². The van der Waals surface area contributed by atoms with Crippen molar-refractivity contribution in [1.29, 1.82) is 0 Å². The minimum atomic E-state index is -1.36. The fraction of sp³-hybridized carbons (Fsp3) is 0.750. The molecule has 0 saturated heterocycles. The van der Waals surface area contributed by atoms with Crippen LogP contribution in [0.15, 0.2) is 0 Å². The van der Waals surface area contributed by atoms with Crippen molar-refractivity contribution in [2.45, 2.75) is 64.1 Å². The molecule has 0 aliphatic rings. The van der Waals surface area contributed by atoms with Crippen molar-refractivity contribution in [3.8, 4) is 0 Å². The van der Waals surface area contributed by atoms with Gasteiger partial charge >= 0.3 is 11.9 Å².